The molecule has 28 heavy (non-hydrogen) atoms. The fourth-order valence-corrected chi connectivity index (χ4v) is 4.28. The molecule has 4 rings (SSSR count). The van der Waals surface area contributed by atoms with E-state index in [2.05, 4.69) is 22.1 Å². The van der Waals surface area contributed by atoms with Gasteiger partial charge < -0.3 is 15.5 Å². The number of ether oxygens (including phenoxy) is 1. The number of nitrogens with one attached hydrogen (secondary N) is 1. The van der Waals surface area contributed by atoms with Crippen LogP contribution in [0.1, 0.15) is 18.4 Å². The zero-order chi connectivity index (χ0) is 19.7. The average Bonchev–Trinajstić information content (AvgIpc) is 3.06. The van der Waals surface area contributed by atoms with E-state index in [-0.39, 0.29) is 0 Å². The first-order valence-corrected chi connectivity index (χ1v) is 10.0. The molecular weight excluding hydrogens is 393 g/mol. The van der Waals surface area contributed by atoms with Crippen LogP contribution in [0.2, 0.25) is 10.0 Å². The topological polar surface area (TPSA) is 63.9 Å². The lowest BCUT2D eigenvalue weighted by Gasteiger charge is -2.11. The Balaban J connectivity index is 1.99. The Morgan fingerprint density at radius 3 is 2.75 bits per heavy atom. The van der Waals surface area contributed by atoms with Crippen molar-refractivity contribution in [2.24, 2.45) is 5.73 Å². The van der Waals surface area contributed by atoms with Crippen molar-refractivity contribution in [1.29, 1.82) is 0 Å². The lowest BCUT2D eigenvalue weighted by Crippen LogP contribution is -1.99. The molecule has 0 spiro atoms. The third-order valence-electron chi connectivity index (χ3n) is 5.03. The van der Waals surface area contributed by atoms with E-state index in [0.717, 1.165) is 58.1 Å². The normalized spacial score (nSPS) is 11.4. The molecule has 2 aromatic heterocycles. The van der Waals surface area contributed by atoms with Gasteiger partial charge in [-0.25, -0.2) is 0 Å². The molecule has 0 aliphatic heterocycles. The van der Waals surface area contributed by atoms with Crippen LogP contribution in [0.15, 0.2) is 42.6 Å². The zero-order valence-electron chi connectivity index (χ0n) is 15.6. The molecule has 2 heterocycles. The molecule has 0 fully saturated rings. The summed E-state index contributed by atoms with van der Waals surface area (Å²) in [4.78, 5) is 8.07. The molecule has 0 atom stereocenters. The summed E-state index contributed by atoms with van der Waals surface area (Å²) in [6, 6.07) is 11.8. The minimum atomic E-state index is 0.616. The van der Waals surface area contributed by atoms with Crippen molar-refractivity contribution >= 4 is 45.0 Å². The van der Waals surface area contributed by atoms with Crippen molar-refractivity contribution in [3.05, 3.63) is 58.2 Å². The van der Waals surface area contributed by atoms with Gasteiger partial charge in [0, 0.05) is 27.6 Å². The Kier molecular flexibility index (Phi) is 5.44. The Morgan fingerprint density at radius 2 is 1.96 bits per heavy atom. The average molecular weight is 414 g/mol. The second-order valence-corrected chi connectivity index (χ2v) is 7.59. The molecular formula is C22H21Cl2N3O. The van der Waals surface area contributed by atoms with E-state index >= 15 is 0 Å². The van der Waals surface area contributed by atoms with Crippen molar-refractivity contribution in [3.8, 4) is 17.0 Å². The van der Waals surface area contributed by atoms with Gasteiger partial charge in [-0.05, 0) is 61.7 Å². The standard InChI is InChI=1S/C22H21Cl2N3O/c1-28-19-8-7-16(14-6-4-10-26-22(14)19)20-15(5-2-3-9-25)17-11-13(23)12-18(24)21(17)27-20/h4,6-8,10-12,27H,2-3,5,9,25H2,1H3. The molecule has 6 heteroatoms. The second kappa shape index (κ2) is 8.00. The maximum atomic E-state index is 6.49. The molecule has 0 amide bonds. The van der Waals surface area contributed by atoms with Gasteiger partial charge in [-0.3, -0.25) is 4.98 Å². The number of pyridine rings is 1. The molecule has 4 nitrogen and oxygen atoms in total. The van der Waals surface area contributed by atoms with Gasteiger partial charge in [-0.2, -0.15) is 0 Å². The largest absolute Gasteiger partial charge is 0.494 e. The highest BCUT2D eigenvalue weighted by Gasteiger charge is 2.18. The van der Waals surface area contributed by atoms with Crippen LogP contribution in [0, 0.1) is 0 Å². The number of fused-ring (bicyclic) bond motifs is 2. The smallest absolute Gasteiger partial charge is 0.145 e. The van der Waals surface area contributed by atoms with Gasteiger partial charge in [0.25, 0.3) is 0 Å². The molecule has 3 N–H and O–H groups in total. The van der Waals surface area contributed by atoms with E-state index in [1.165, 1.54) is 5.56 Å². The van der Waals surface area contributed by atoms with E-state index in [9.17, 15) is 0 Å². The molecule has 0 saturated carbocycles. The second-order valence-electron chi connectivity index (χ2n) is 6.75. The zero-order valence-corrected chi connectivity index (χ0v) is 17.1. The number of hydrogen-bond donors (Lipinski definition) is 2. The first-order valence-electron chi connectivity index (χ1n) is 9.25. The molecule has 0 radical (unpaired) electrons. The monoisotopic (exact) mass is 413 g/mol. The number of H-pyrrole nitrogens is 1. The lowest BCUT2D eigenvalue weighted by molar-refractivity contribution is 0.419. The first-order chi connectivity index (χ1) is 13.6. The summed E-state index contributed by atoms with van der Waals surface area (Å²) in [7, 11) is 1.66. The number of unbranched alkanes of at least 4 members (excludes halogenated alkanes) is 1. The third-order valence-corrected chi connectivity index (χ3v) is 5.55. The number of aromatic nitrogens is 2. The summed E-state index contributed by atoms with van der Waals surface area (Å²) in [5, 5.41) is 3.32. The van der Waals surface area contributed by atoms with E-state index < -0.39 is 0 Å². The summed E-state index contributed by atoms with van der Waals surface area (Å²) < 4.78 is 5.50. The number of hydrogen-bond acceptors (Lipinski definition) is 3. The Bertz CT molecular complexity index is 1150. The van der Waals surface area contributed by atoms with Crippen molar-refractivity contribution in [2.75, 3.05) is 13.7 Å². The molecule has 4 aromatic rings. The van der Waals surface area contributed by atoms with Crippen LogP contribution < -0.4 is 10.5 Å². The van der Waals surface area contributed by atoms with Crippen LogP contribution in [0.5, 0.6) is 5.75 Å². The van der Waals surface area contributed by atoms with Crippen molar-refractivity contribution in [2.45, 2.75) is 19.3 Å². The van der Waals surface area contributed by atoms with Gasteiger partial charge in [0.15, 0.2) is 0 Å². The van der Waals surface area contributed by atoms with E-state index in [4.69, 9.17) is 33.7 Å². The van der Waals surface area contributed by atoms with E-state index in [1.807, 2.05) is 18.2 Å². The Labute approximate surface area is 173 Å². The van der Waals surface area contributed by atoms with Crippen LogP contribution in [-0.4, -0.2) is 23.6 Å². The predicted octanol–water partition coefficient (Wildman–Crippen LogP) is 5.98. The van der Waals surface area contributed by atoms with Crippen molar-refractivity contribution in [3.63, 3.8) is 0 Å². The summed E-state index contributed by atoms with van der Waals surface area (Å²) >= 11 is 12.8. The van der Waals surface area contributed by atoms with Crippen LogP contribution >= 0.6 is 23.2 Å². The van der Waals surface area contributed by atoms with Crippen molar-refractivity contribution in [1.82, 2.24) is 9.97 Å². The number of aromatic amines is 1. The highest BCUT2D eigenvalue weighted by molar-refractivity contribution is 6.38. The summed E-state index contributed by atoms with van der Waals surface area (Å²) in [6.07, 6.45) is 4.62. The van der Waals surface area contributed by atoms with Crippen LogP contribution in [-0.2, 0) is 6.42 Å². The highest BCUT2D eigenvalue weighted by Crippen LogP contribution is 2.40. The molecule has 0 bridgehead atoms. The summed E-state index contributed by atoms with van der Waals surface area (Å²) in [5.41, 5.74) is 10.7. The number of rotatable bonds is 6. The minimum Gasteiger partial charge on any atom is -0.494 e. The van der Waals surface area contributed by atoms with Gasteiger partial charge >= 0.3 is 0 Å². The molecule has 0 saturated heterocycles. The molecule has 144 valence electrons. The molecule has 2 aromatic carbocycles. The van der Waals surface area contributed by atoms with E-state index in [0.29, 0.717) is 16.6 Å². The fourth-order valence-electron chi connectivity index (χ4n) is 3.74. The molecule has 0 unspecified atom stereocenters. The van der Waals surface area contributed by atoms with Crippen molar-refractivity contribution < 1.29 is 4.74 Å². The van der Waals surface area contributed by atoms with E-state index in [1.54, 1.807) is 19.4 Å². The van der Waals surface area contributed by atoms with Gasteiger partial charge in [-0.15, -0.1) is 0 Å². The number of halogens is 2. The number of methoxy groups -OCH3 is 1. The maximum Gasteiger partial charge on any atom is 0.145 e. The minimum absolute atomic E-state index is 0.616. The van der Waals surface area contributed by atoms with Crippen LogP contribution in [0.25, 0.3) is 33.1 Å². The number of nitrogens with two attached hydrogens (primary N) is 1. The first kappa shape index (κ1) is 19.1. The summed E-state index contributed by atoms with van der Waals surface area (Å²) in [6.45, 7) is 0.675. The maximum absolute atomic E-state index is 6.49. The fraction of sp³-hybridized carbons (Fsp3) is 0.227. The molecule has 0 aliphatic carbocycles. The van der Waals surface area contributed by atoms with Gasteiger partial charge in [0.05, 0.1) is 23.3 Å². The van der Waals surface area contributed by atoms with Crippen LogP contribution in [0.4, 0.5) is 0 Å². The quantitative estimate of drug-likeness (QED) is 0.382. The molecule has 0 aliphatic rings. The Hall–Kier alpha value is -2.27. The van der Waals surface area contributed by atoms with Gasteiger partial charge in [0.1, 0.15) is 11.3 Å². The number of aryl methyl sites for hydroxylation is 1. The highest BCUT2D eigenvalue weighted by atomic mass is 35.5. The third kappa shape index (κ3) is 3.32. The number of benzene rings is 2. The van der Waals surface area contributed by atoms with Crippen LogP contribution in [0.3, 0.4) is 0 Å². The SMILES string of the molecule is COc1ccc(-c2[nH]c3c(Cl)cc(Cl)cc3c2CCCCN)c2cccnc12. The summed E-state index contributed by atoms with van der Waals surface area (Å²) in [5.74, 6) is 0.751. The van der Waals surface area contributed by atoms with Gasteiger partial charge in [-0.1, -0.05) is 29.3 Å². The predicted molar refractivity (Wildman–Crippen MR) is 118 cm³/mol. The van der Waals surface area contributed by atoms with Gasteiger partial charge in [0.2, 0.25) is 0 Å². The Morgan fingerprint density at radius 1 is 1.11 bits per heavy atom. The number of nitrogens with zero attached hydrogens (tertiary/aromatic N) is 1. The lowest BCUT2D eigenvalue weighted by atomic mass is 9.97.